The van der Waals surface area contributed by atoms with Crippen LogP contribution in [0.5, 0.6) is 5.75 Å². The molecule has 0 aromatic heterocycles. The molecule has 2 aromatic rings. The van der Waals surface area contributed by atoms with Crippen molar-refractivity contribution in [1.82, 2.24) is 4.90 Å². The summed E-state index contributed by atoms with van der Waals surface area (Å²) in [6, 6.07) is 4.43. The first kappa shape index (κ1) is 18.3. The first-order chi connectivity index (χ1) is 11.8. The van der Waals surface area contributed by atoms with E-state index in [0.717, 1.165) is 0 Å². The van der Waals surface area contributed by atoms with E-state index in [1.165, 1.54) is 17.0 Å². The Bertz CT molecular complexity index is 879. The third-order valence-corrected chi connectivity index (χ3v) is 3.90. The molecule has 0 heterocycles. The average molecular weight is 343 g/mol. The summed E-state index contributed by atoms with van der Waals surface area (Å²) in [4.78, 5) is 37.1. The second-order valence-corrected chi connectivity index (χ2v) is 5.83. The zero-order chi connectivity index (χ0) is 18.7. The van der Waals surface area contributed by atoms with E-state index in [1.54, 1.807) is 26.2 Å². The van der Waals surface area contributed by atoms with Gasteiger partial charge >= 0.3 is 0 Å². The van der Waals surface area contributed by atoms with E-state index < -0.39 is 10.9 Å². The molecule has 2 rings (SSSR count). The molecule has 7 nitrogen and oxygen atoms in total. The lowest BCUT2D eigenvalue weighted by Crippen LogP contribution is -2.38. The van der Waals surface area contributed by atoms with E-state index >= 15 is 0 Å². The van der Waals surface area contributed by atoms with Crippen molar-refractivity contribution in [3.8, 4) is 5.75 Å². The van der Waals surface area contributed by atoms with Gasteiger partial charge in [-0.15, -0.1) is 6.58 Å². The number of rotatable bonds is 7. The Morgan fingerprint density at radius 1 is 1.28 bits per heavy atom. The van der Waals surface area contributed by atoms with E-state index in [0.29, 0.717) is 6.42 Å². The number of carbonyl (C=O) groups is 1. The highest BCUT2D eigenvalue weighted by Crippen LogP contribution is 2.32. The second kappa shape index (κ2) is 7.21. The molecule has 132 valence electrons. The number of phenols is 1. The van der Waals surface area contributed by atoms with Crippen LogP contribution in [0.2, 0.25) is 0 Å². The van der Waals surface area contributed by atoms with Gasteiger partial charge < -0.3 is 20.6 Å². The molecule has 0 saturated carbocycles. The number of anilines is 3. The third-order valence-electron chi connectivity index (χ3n) is 3.90. The molecule has 25 heavy (non-hydrogen) atoms. The summed E-state index contributed by atoms with van der Waals surface area (Å²) in [5.74, 6) is -0.654. The number of hydrogen-bond acceptors (Lipinski definition) is 6. The van der Waals surface area contributed by atoms with Crippen LogP contribution in [0, 0.1) is 0 Å². The zero-order valence-corrected chi connectivity index (χ0v) is 14.4. The van der Waals surface area contributed by atoms with Gasteiger partial charge in [-0.1, -0.05) is 19.1 Å². The van der Waals surface area contributed by atoms with E-state index in [2.05, 4.69) is 17.2 Å². The van der Waals surface area contributed by atoms with Gasteiger partial charge in [0.2, 0.25) is 0 Å². The van der Waals surface area contributed by atoms with E-state index in [-0.39, 0.29) is 40.3 Å². The normalized spacial score (nSPS) is 11.8. The van der Waals surface area contributed by atoms with Crippen LogP contribution in [0.25, 0.3) is 0 Å². The number of para-hydroxylation sites is 1. The first-order valence-electron chi connectivity index (χ1n) is 7.84. The number of nitrogens with one attached hydrogen (secondary N) is 2. The molecule has 2 aromatic carbocycles. The van der Waals surface area contributed by atoms with Crippen LogP contribution in [0.15, 0.2) is 40.4 Å². The van der Waals surface area contributed by atoms with Crippen LogP contribution in [0.4, 0.5) is 17.1 Å². The topological polar surface area (TPSA) is 98.7 Å². The molecule has 0 aliphatic carbocycles. The molecule has 7 heteroatoms. The van der Waals surface area contributed by atoms with Crippen molar-refractivity contribution < 1.29 is 9.90 Å². The Balaban J connectivity index is 2.36. The Morgan fingerprint density at radius 2 is 1.92 bits per heavy atom. The smallest absolute Gasteiger partial charge is 0.257 e. The van der Waals surface area contributed by atoms with Crippen LogP contribution in [-0.4, -0.2) is 36.1 Å². The molecule has 1 atom stereocenters. The number of carbonyl (C=O) groups excluding carboxylic acids is 1. The molecule has 0 radical (unpaired) electrons. The fourth-order valence-corrected chi connectivity index (χ4v) is 2.35. The summed E-state index contributed by atoms with van der Waals surface area (Å²) < 4.78 is 0. The number of nitrogens with zero attached hydrogens (tertiary/aromatic N) is 1. The quantitative estimate of drug-likeness (QED) is 0.403. The molecule has 0 spiro atoms. The third kappa shape index (κ3) is 3.40. The van der Waals surface area contributed by atoms with E-state index in [9.17, 15) is 19.5 Å². The van der Waals surface area contributed by atoms with Crippen LogP contribution < -0.4 is 21.5 Å². The minimum Gasteiger partial charge on any atom is -0.505 e. The number of benzene rings is 1. The fraction of sp³-hybridized carbons (Fsp3) is 0.278. The number of phenolic OH excluding ortho intramolecular Hbond substituents is 1. The van der Waals surface area contributed by atoms with Crippen molar-refractivity contribution in [2.24, 2.45) is 0 Å². The molecule has 0 aliphatic heterocycles. The Hall–Kier alpha value is -3.09. The highest BCUT2D eigenvalue weighted by atomic mass is 16.3. The standard InChI is InChI=1S/C18H21N3O4/c1-5-10(6-2)19-13-14(17(24)16(13)23)20-12-9-7-8-11(15(12)22)18(25)21(3)4/h5,7-10,19-20,22H,1,6H2,2-4H3. The van der Waals surface area contributed by atoms with Gasteiger partial charge in [-0.3, -0.25) is 14.4 Å². The molecule has 0 fully saturated rings. The number of amides is 1. The SMILES string of the molecule is C=CC(CC)Nc1c(Nc2cccc(C(=O)N(C)C)c2O)c(=O)c1=O. The van der Waals surface area contributed by atoms with E-state index in [1.807, 2.05) is 6.92 Å². The van der Waals surface area contributed by atoms with Gasteiger partial charge in [-0.25, -0.2) is 0 Å². The lowest BCUT2D eigenvalue weighted by molar-refractivity contribution is 0.0825. The van der Waals surface area contributed by atoms with Gasteiger partial charge in [0.25, 0.3) is 16.8 Å². The van der Waals surface area contributed by atoms with Crippen molar-refractivity contribution in [3.05, 3.63) is 56.9 Å². The maximum Gasteiger partial charge on any atom is 0.257 e. The summed E-state index contributed by atoms with van der Waals surface area (Å²) in [6.07, 6.45) is 2.34. The van der Waals surface area contributed by atoms with Crippen molar-refractivity contribution in [1.29, 1.82) is 0 Å². The van der Waals surface area contributed by atoms with Crippen molar-refractivity contribution in [3.63, 3.8) is 0 Å². The molecule has 0 bridgehead atoms. The van der Waals surface area contributed by atoms with Gasteiger partial charge in [-0.2, -0.15) is 0 Å². The Kier molecular flexibility index (Phi) is 5.26. The zero-order valence-electron chi connectivity index (χ0n) is 14.4. The predicted octanol–water partition coefficient (Wildman–Crippen LogP) is 1.81. The highest BCUT2D eigenvalue weighted by molar-refractivity contribution is 5.99. The van der Waals surface area contributed by atoms with Gasteiger partial charge in [0, 0.05) is 20.1 Å². The maximum absolute atomic E-state index is 12.1. The summed E-state index contributed by atoms with van der Waals surface area (Å²) >= 11 is 0. The molecular weight excluding hydrogens is 322 g/mol. The lowest BCUT2D eigenvalue weighted by atomic mass is 10.1. The second-order valence-electron chi connectivity index (χ2n) is 5.83. The molecule has 1 unspecified atom stereocenters. The van der Waals surface area contributed by atoms with Crippen LogP contribution in [0.1, 0.15) is 23.7 Å². The lowest BCUT2D eigenvalue weighted by Gasteiger charge is -2.20. The predicted molar refractivity (Wildman–Crippen MR) is 98.7 cm³/mol. The summed E-state index contributed by atoms with van der Waals surface area (Å²) in [5.41, 5.74) is -0.807. The van der Waals surface area contributed by atoms with Gasteiger partial charge in [0.1, 0.15) is 11.4 Å². The first-order valence-corrected chi connectivity index (χ1v) is 7.84. The molecule has 3 N–H and O–H groups in total. The molecular formula is C18H21N3O4. The van der Waals surface area contributed by atoms with Crippen LogP contribution in [-0.2, 0) is 0 Å². The Morgan fingerprint density at radius 3 is 2.48 bits per heavy atom. The Labute approximate surface area is 145 Å². The maximum atomic E-state index is 12.1. The fourth-order valence-electron chi connectivity index (χ4n) is 2.35. The van der Waals surface area contributed by atoms with Gasteiger partial charge in [0.15, 0.2) is 5.75 Å². The summed E-state index contributed by atoms with van der Waals surface area (Å²) in [5, 5.41) is 16.0. The largest absolute Gasteiger partial charge is 0.505 e. The van der Waals surface area contributed by atoms with Crippen molar-refractivity contribution in [2.75, 3.05) is 24.7 Å². The molecule has 0 saturated heterocycles. The molecule has 1 amide bonds. The summed E-state index contributed by atoms with van der Waals surface area (Å²) in [7, 11) is 3.14. The monoisotopic (exact) mass is 343 g/mol. The number of hydrogen-bond donors (Lipinski definition) is 3. The average Bonchev–Trinajstić information content (AvgIpc) is 2.61. The van der Waals surface area contributed by atoms with Crippen molar-refractivity contribution in [2.45, 2.75) is 19.4 Å². The number of aromatic hydroxyl groups is 1. The molecule has 0 aliphatic rings. The van der Waals surface area contributed by atoms with Gasteiger partial charge in [0.05, 0.1) is 11.3 Å². The summed E-state index contributed by atoms with van der Waals surface area (Å²) in [6.45, 7) is 5.59. The van der Waals surface area contributed by atoms with E-state index in [4.69, 9.17) is 0 Å². The van der Waals surface area contributed by atoms with Crippen LogP contribution in [0.3, 0.4) is 0 Å². The van der Waals surface area contributed by atoms with Gasteiger partial charge in [-0.05, 0) is 18.6 Å². The van der Waals surface area contributed by atoms with Crippen LogP contribution >= 0.6 is 0 Å². The highest BCUT2D eigenvalue weighted by Gasteiger charge is 2.24. The minimum atomic E-state index is -0.676. The van der Waals surface area contributed by atoms with Crippen molar-refractivity contribution >= 4 is 23.0 Å². The minimum absolute atomic E-state index is 0.0649.